The van der Waals surface area contributed by atoms with Crippen LogP contribution in [-0.2, 0) is 0 Å². The van der Waals surface area contributed by atoms with Gasteiger partial charge >= 0.3 is 12.1 Å². The number of nitrogens with two attached hydrogens (primary N) is 1. The molecule has 262 valence electrons. The quantitative estimate of drug-likeness (QED) is 0.0931. The highest BCUT2D eigenvalue weighted by atomic mass is 32.1. The van der Waals surface area contributed by atoms with Gasteiger partial charge in [-0.25, -0.2) is 19.6 Å². The van der Waals surface area contributed by atoms with E-state index in [4.69, 9.17) is 15.2 Å². The van der Waals surface area contributed by atoms with Gasteiger partial charge in [0, 0.05) is 7.05 Å². The maximum atomic E-state index is 12.2. The summed E-state index contributed by atoms with van der Waals surface area (Å²) in [5, 5.41) is 13.8. The van der Waals surface area contributed by atoms with Crippen LogP contribution in [0.4, 0.5) is 31.2 Å². The topological polar surface area (TPSA) is 199 Å². The van der Waals surface area contributed by atoms with Crippen LogP contribution >= 0.6 is 22.7 Å². The van der Waals surface area contributed by atoms with E-state index in [1.54, 1.807) is 12.1 Å². The first-order valence-electron chi connectivity index (χ1n) is 15.3. The van der Waals surface area contributed by atoms with Gasteiger partial charge in [0.2, 0.25) is 0 Å². The predicted octanol–water partition coefficient (Wildman–Crippen LogP) is 6.72. The number of anilines is 4. The number of nitrogens with zero attached hydrogens (tertiary/aromatic N) is 2. The van der Waals surface area contributed by atoms with Gasteiger partial charge in [-0.1, -0.05) is 62.5 Å². The predicted molar refractivity (Wildman–Crippen MR) is 194 cm³/mol. The Morgan fingerprint density at radius 1 is 0.714 bits per heavy atom. The lowest BCUT2D eigenvalue weighted by Gasteiger charge is -2.14. The monoisotopic (exact) mass is 710 g/mol. The zero-order valence-corrected chi connectivity index (χ0v) is 30.1. The number of carbonyl (C=O) groups excluding carboxylic acids is 4. The normalized spacial score (nSPS) is 10.5. The number of urea groups is 2. The third-order valence-corrected chi connectivity index (χ3v) is 7.90. The Bertz CT molecular complexity index is 1750. The van der Waals surface area contributed by atoms with Crippen LogP contribution in [0.5, 0.6) is 11.5 Å². The molecule has 0 aliphatic carbocycles. The summed E-state index contributed by atoms with van der Waals surface area (Å²) in [7, 11) is 1.54. The van der Waals surface area contributed by atoms with Crippen molar-refractivity contribution in [2.75, 3.05) is 41.5 Å². The second-order valence-corrected chi connectivity index (χ2v) is 13.6. The summed E-state index contributed by atoms with van der Waals surface area (Å²) in [5.41, 5.74) is 8.37. The van der Waals surface area contributed by atoms with Gasteiger partial charge < -0.3 is 31.2 Å². The fraction of sp³-hybridized carbons (Fsp3) is 0.333. The van der Waals surface area contributed by atoms with E-state index in [9.17, 15) is 19.2 Å². The molecule has 2 aromatic heterocycles. The highest BCUT2D eigenvalue weighted by Gasteiger charge is 2.14. The van der Waals surface area contributed by atoms with E-state index < -0.39 is 18.0 Å². The molecule has 7 N–H and O–H groups in total. The Balaban J connectivity index is 0.000000266. The molecule has 49 heavy (non-hydrogen) atoms. The molecule has 0 fully saturated rings. The number of benzene rings is 2. The minimum atomic E-state index is -0.580. The molecule has 0 aliphatic heterocycles. The third kappa shape index (κ3) is 12.7. The Labute approximate surface area is 293 Å². The van der Waals surface area contributed by atoms with Gasteiger partial charge in [0.05, 0.1) is 37.0 Å². The van der Waals surface area contributed by atoms with Gasteiger partial charge in [0.15, 0.2) is 10.3 Å². The molecule has 4 rings (SSSR count). The fourth-order valence-corrected chi connectivity index (χ4v) is 5.15. The zero-order valence-electron chi connectivity index (χ0n) is 28.4. The number of ether oxygens (including phenoxy) is 2. The zero-order chi connectivity index (χ0) is 36.1. The number of aryl methyl sites for hydroxylation is 2. The molecule has 0 saturated heterocycles. The Morgan fingerprint density at radius 2 is 1.14 bits per heavy atom. The number of primary amides is 1. The van der Waals surface area contributed by atoms with E-state index in [1.807, 2.05) is 52.0 Å². The number of hydrogen-bond acceptors (Lipinski definition) is 10. The molecule has 4 aromatic rings. The average molecular weight is 711 g/mol. The minimum absolute atomic E-state index is 0.242. The van der Waals surface area contributed by atoms with E-state index >= 15 is 0 Å². The molecule has 16 heteroatoms. The molecule has 2 heterocycles. The van der Waals surface area contributed by atoms with Crippen LogP contribution in [0.15, 0.2) is 48.8 Å². The van der Waals surface area contributed by atoms with Crippen molar-refractivity contribution in [1.29, 1.82) is 0 Å². The standard InChI is InChI=1S/C17H22N4O3S.C16H20N4O3S/c1-10(2)9-24-13-7-11(3)5-6-12(13)20-16(23)21-17-19-8-14(25-17)15(22)18-4;1-9(2)8-23-12-6-10(3)4-5-11(12)19-15(22)20-16-18-7-13(24-16)14(17)21/h5-8,10H,9H2,1-4H3,(H,18,22)(H2,19,20,21,23);4-7,9H,8H2,1-3H3,(H2,17,21)(H2,18,19,20,22). The molecule has 14 nitrogen and oxygen atoms in total. The first-order chi connectivity index (χ1) is 23.2. The van der Waals surface area contributed by atoms with Crippen LogP contribution in [0.1, 0.15) is 58.2 Å². The third-order valence-electron chi connectivity index (χ3n) is 6.06. The second kappa shape index (κ2) is 18.4. The number of amides is 6. The summed E-state index contributed by atoms with van der Waals surface area (Å²) in [6.45, 7) is 13.2. The van der Waals surface area contributed by atoms with Crippen LogP contribution in [0, 0.1) is 25.7 Å². The van der Waals surface area contributed by atoms with E-state index in [0.717, 1.165) is 33.8 Å². The second-order valence-electron chi connectivity index (χ2n) is 11.6. The first-order valence-corrected chi connectivity index (χ1v) is 16.9. The molecular formula is C33H42N8O6S2. The molecule has 0 atom stereocenters. The van der Waals surface area contributed by atoms with Crippen LogP contribution in [-0.4, -0.2) is 54.1 Å². The van der Waals surface area contributed by atoms with Gasteiger partial charge in [-0.2, -0.15) is 0 Å². The van der Waals surface area contributed by atoms with Crippen LogP contribution in [0.2, 0.25) is 0 Å². The van der Waals surface area contributed by atoms with Gasteiger partial charge in [0.25, 0.3) is 11.8 Å². The summed E-state index contributed by atoms with van der Waals surface area (Å²) in [5.74, 6) is 1.15. The summed E-state index contributed by atoms with van der Waals surface area (Å²) < 4.78 is 11.5. The maximum Gasteiger partial charge on any atom is 0.325 e. The van der Waals surface area contributed by atoms with Crippen LogP contribution in [0.3, 0.4) is 0 Å². The molecular weight excluding hydrogens is 669 g/mol. The van der Waals surface area contributed by atoms with Gasteiger partial charge in [-0.05, 0) is 61.1 Å². The van der Waals surface area contributed by atoms with E-state index in [-0.39, 0.29) is 15.9 Å². The first kappa shape index (κ1) is 38.2. The summed E-state index contributed by atoms with van der Waals surface area (Å²) in [6.07, 6.45) is 2.74. The van der Waals surface area contributed by atoms with Crippen molar-refractivity contribution < 1.29 is 28.7 Å². The van der Waals surface area contributed by atoms with Crippen LogP contribution < -0.4 is 41.8 Å². The summed E-state index contributed by atoms with van der Waals surface area (Å²) >= 11 is 2.11. The number of hydrogen-bond donors (Lipinski definition) is 6. The molecule has 0 spiro atoms. The number of rotatable bonds is 12. The molecule has 0 aliphatic rings. The lowest BCUT2D eigenvalue weighted by Crippen LogP contribution is -2.20. The van der Waals surface area contributed by atoms with E-state index in [0.29, 0.717) is 57.9 Å². The number of carbonyl (C=O) groups is 4. The average Bonchev–Trinajstić information content (AvgIpc) is 3.71. The smallest absolute Gasteiger partial charge is 0.325 e. The van der Waals surface area contributed by atoms with Crippen LogP contribution in [0.25, 0.3) is 0 Å². The lowest BCUT2D eigenvalue weighted by molar-refractivity contribution is 0.0965. The number of nitrogens with one attached hydrogen (secondary N) is 5. The van der Waals surface area contributed by atoms with Crippen molar-refractivity contribution >= 4 is 68.2 Å². The molecule has 0 saturated carbocycles. The molecule has 6 amide bonds. The van der Waals surface area contributed by atoms with Gasteiger partial charge in [-0.3, -0.25) is 20.2 Å². The highest BCUT2D eigenvalue weighted by molar-refractivity contribution is 7.18. The minimum Gasteiger partial charge on any atom is -0.491 e. The van der Waals surface area contributed by atoms with E-state index in [2.05, 4.69) is 50.4 Å². The maximum absolute atomic E-state index is 12.2. The van der Waals surface area contributed by atoms with Crippen molar-refractivity contribution in [3.05, 3.63) is 69.7 Å². The molecule has 0 radical (unpaired) electrons. The Kier molecular flexibility index (Phi) is 14.3. The van der Waals surface area contributed by atoms with Crippen molar-refractivity contribution in [2.24, 2.45) is 17.6 Å². The SMILES string of the molecule is CNC(=O)c1cnc(NC(=O)Nc2ccc(C)cc2OCC(C)C)s1.Cc1ccc(NC(=O)Nc2ncc(C(N)=O)s2)c(OCC(C)C)c1. The molecule has 0 unspecified atom stereocenters. The van der Waals surface area contributed by atoms with Gasteiger partial charge in [0.1, 0.15) is 21.3 Å². The van der Waals surface area contributed by atoms with Crippen molar-refractivity contribution in [3.63, 3.8) is 0 Å². The summed E-state index contributed by atoms with van der Waals surface area (Å²) in [4.78, 5) is 55.5. The van der Waals surface area contributed by atoms with Crippen molar-refractivity contribution in [3.8, 4) is 11.5 Å². The highest BCUT2D eigenvalue weighted by Crippen LogP contribution is 2.28. The largest absolute Gasteiger partial charge is 0.491 e. The Hall–Kier alpha value is -5.22. The van der Waals surface area contributed by atoms with Crippen molar-refractivity contribution in [2.45, 2.75) is 41.5 Å². The lowest BCUT2D eigenvalue weighted by atomic mass is 10.2. The Morgan fingerprint density at radius 3 is 1.53 bits per heavy atom. The molecule has 0 bridgehead atoms. The van der Waals surface area contributed by atoms with Gasteiger partial charge in [-0.15, -0.1) is 0 Å². The molecule has 2 aromatic carbocycles. The van der Waals surface area contributed by atoms with Crippen molar-refractivity contribution in [1.82, 2.24) is 15.3 Å². The fourth-order valence-electron chi connectivity index (χ4n) is 3.72. The summed E-state index contributed by atoms with van der Waals surface area (Å²) in [6, 6.07) is 10.2. The van der Waals surface area contributed by atoms with E-state index in [1.165, 1.54) is 19.4 Å². The number of thiazole rings is 2. The number of aromatic nitrogens is 2.